The fraction of sp³-hybridized carbons (Fsp3) is 0.944. The molecule has 0 aromatic heterocycles. The van der Waals surface area contributed by atoms with Crippen LogP contribution in [0.25, 0.3) is 0 Å². The van der Waals surface area contributed by atoms with E-state index >= 15 is 0 Å². The molecule has 1 aliphatic heterocycles. The molecule has 1 N–H and O–H groups in total. The van der Waals surface area contributed by atoms with Crippen molar-refractivity contribution >= 4 is 5.91 Å². The normalized spacial score (nSPS) is 34.0. The van der Waals surface area contributed by atoms with Crippen LogP contribution in [0.4, 0.5) is 0 Å². The van der Waals surface area contributed by atoms with Gasteiger partial charge in [0.25, 0.3) is 0 Å². The Labute approximate surface area is 130 Å². The number of nitrogens with one attached hydrogen (secondary N) is 1. The van der Waals surface area contributed by atoms with Gasteiger partial charge in [-0.3, -0.25) is 10.1 Å². The topological polar surface area (TPSA) is 32.3 Å². The Morgan fingerprint density at radius 1 is 1.19 bits per heavy atom. The van der Waals surface area contributed by atoms with Crippen molar-refractivity contribution in [3.8, 4) is 0 Å². The highest BCUT2D eigenvalue weighted by Gasteiger charge is 2.39. The first-order chi connectivity index (χ1) is 10.0. The summed E-state index contributed by atoms with van der Waals surface area (Å²) in [4.78, 5) is 14.8. The lowest BCUT2D eigenvalue weighted by atomic mass is 9.81. The molecule has 1 saturated heterocycles. The van der Waals surface area contributed by atoms with Crippen molar-refractivity contribution in [3.05, 3.63) is 0 Å². The Hall–Kier alpha value is -0.570. The van der Waals surface area contributed by atoms with Gasteiger partial charge >= 0.3 is 0 Å². The minimum absolute atomic E-state index is 0.0351. The summed E-state index contributed by atoms with van der Waals surface area (Å²) in [5.41, 5.74) is 0. The SMILES string of the molecule is CCCC1NC(C(C)C)C(=O)N1CCC1CCC(C)CC1. The molecule has 2 unspecified atom stereocenters. The first kappa shape index (κ1) is 16.8. The molecular weight excluding hydrogens is 260 g/mol. The van der Waals surface area contributed by atoms with Crippen molar-refractivity contribution in [2.75, 3.05) is 6.54 Å². The summed E-state index contributed by atoms with van der Waals surface area (Å²) < 4.78 is 0. The number of carbonyl (C=O) groups is 1. The second-order valence-electron chi connectivity index (χ2n) is 7.64. The molecule has 2 fully saturated rings. The molecule has 1 saturated carbocycles. The molecule has 21 heavy (non-hydrogen) atoms. The molecule has 2 atom stereocenters. The summed E-state index contributed by atoms with van der Waals surface area (Å²) in [7, 11) is 0. The van der Waals surface area contributed by atoms with Gasteiger partial charge in [0.1, 0.15) is 0 Å². The maximum Gasteiger partial charge on any atom is 0.241 e. The van der Waals surface area contributed by atoms with Gasteiger partial charge < -0.3 is 4.90 Å². The molecule has 0 radical (unpaired) electrons. The fourth-order valence-electron chi connectivity index (χ4n) is 3.90. The summed E-state index contributed by atoms with van der Waals surface area (Å²) in [6.07, 6.45) is 9.17. The smallest absolute Gasteiger partial charge is 0.241 e. The van der Waals surface area contributed by atoms with Crippen molar-refractivity contribution in [1.82, 2.24) is 10.2 Å². The third-order valence-electron chi connectivity index (χ3n) is 5.44. The van der Waals surface area contributed by atoms with Crippen LogP contribution >= 0.6 is 0 Å². The molecule has 2 aliphatic rings. The molecule has 0 aromatic carbocycles. The number of rotatable bonds is 6. The number of nitrogens with zero attached hydrogens (tertiary/aromatic N) is 1. The van der Waals surface area contributed by atoms with Crippen molar-refractivity contribution in [3.63, 3.8) is 0 Å². The Balaban J connectivity index is 1.88. The Morgan fingerprint density at radius 3 is 2.43 bits per heavy atom. The maximum atomic E-state index is 12.6. The third-order valence-corrected chi connectivity index (χ3v) is 5.44. The Kier molecular flexibility index (Phi) is 6.09. The van der Waals surface area contributed by atoms with Crippen molar-refractivity contribution in [2.24, 2.45) is 17.8 Å². The molecular formula is C18H34N2O. The zero-order chi connectivity index (χ0) is 15.4. The lowest BCUT2D eigenvalue weighted by Gasteiger charge is -2.29. The number of carbonyl (C=O) groups excluding carboxylic acids is 1. The van der Waals surface area contributed by atoms with E-state index in [4.69, 9.17) is 0 Å². The van der Waals surface area contributed by atoms with E-state index in [1.54, 1.807) is 0 Å². The summed E-state index contributed by atoms with van der Waals surface area (Å²) in [5, 5.41) is 3.56. The van der Waals surface area contributed by atoms with Gasteiger partial charge in [-0.25, -0.2) is 0 Å². The van der Waals surface area contributed by atoms with Crippen LogP contribution in [0.1, 0.15) is 72.6 Å². The maximum absolute atomic E-state index is 12.6. The zero-order valence-electron chi connectivity index (χ0n) is 14.4. The largest absolute Gasteiger partial charge is 0.326 e. The summed E-state index contributed by atoms with van der Waals surface area (Å²) >= 11 is 0. The molecule has 3 heteroatoms. The molecule has 0 bridgehead atoms. The number of hydrogen-bond acceptors (Lipinski definition) is 2. The first-order valence-corrected chi connectivity index (χ1v) is 9.09. The van der Waals surface area contributed by atoms with E-state index in [1.807, 2.05) is 0 Å². The predicted molar refractivity (Wildman–Crippen MR) is 87.9 cm³/mol. The fourth-order valence-corrected chi connectivity index (χ4v) is 3.90. The Bertz CT molecular complexity index is 334. The predicted octanol–water partition coefficient (Wildman–Crippen LogP) is 3.79. The highest BCUT2D eigenvalue weighted by atomic mass is 16.2. The van der Waals surface area contributed by atoms with Crippen LogP contribution in [-0.2, 0) is 4.79 Å². The molecule has 122 valence electrons. The van der Waals surface area contributed by atoms with Gasteiger partial charge in [-0.15, -0.1) is 0 Å². The third kappa shape index (κ3) is 4.21. The van der Waals surface area contributed by atoms with Gasteiger partial charge in [-0.1, -0.05) is 59.8 Å². The van der Waals surface area contributed by atoms with Crippen LogP contribution in [0, 0.1) is 17.8 Å². The zero-order valence-corrected chi connectivity index (χ0v) is 14.4. The van der Waals surface area contributed by atoms with Gasteiger partial charge in [0.05, 0.1) is 12.2 Å². The molecule has 1 amide bonds. The molecule has 3 nitrogen and oxygen atoms in total. The average molecular weight is 294 g/mol. The summed E-state index contributed by atoms with van der Waals surface area (Å²) in [6.45, 7) is 9.82. The minimum Gasteiger partial charge on any atom is -0.326 e. The second kappa shape index (κ2) is 7.62. The van der Waals surface area contributed by atoms with E-state index in [2.05, 4.69) is 37.9 Å². The standard InChI is InChI=1S/C18H34N2O/c1-5-6-16-19-17(13(2)3)18(21)20(16)12-11-15-9-7-14(4)8-10-15/h13-17,19H,5-12H2,1-4H3. The van der Waals surface area contributed by atoms with E-state index in [-0.39, 0.29) is 12.2 Å². The van der Waals surface area contributed by atoms with E-state index in [1.165, 1.54) is 32.1 Å². The number of hydrogen-bond donors (Lipinski definition) is 1. The van der Waals surface area contributed by atoms with E-state index in [0.29, 0.717) is 11.8 Å². The van der Waals surface area contributed by atoms with Crippen LogP contribution in [-0.4, -0.2) is 29.6 Å². The van der Waals surface area contributed by atoms with Gasteiger partial charge in [-0.05, 0) is 30.6 Å². The van der Waals surface area contributed by atoms with Crippen LogP contribution in [0.15, 0.2) is 0 Å². The van der Waals surface area contributed by atoms with E-state index < -0.39 is 0 Å². The second-order valence-corrected chi connectivity index (χ2v) is 7.64. The average Bonchev–Trinajstić information content (AvgIpc) is 2.76. The summed E-state index contributed by atoms with van der Waals surface area (Å²) in [6, 6.07) is 0.0351. The molecule has 0 spiro atoms. The van der Waals surface area contributed by atoms with Crippen molar-refractivity contribution in [2.45, 2.75) is 84.8 Å². The van der Waals surface area contributed by atoms with Crippen molar-refractivity contribution in [1.29, 1.82) is 0 Å². The monoisotopic (exact) mass is 294 g/mol. The van der Waals surface area contributed by atoms with Crippen LogP contribution < -0.4 is 5.32 Å². The van der Waals surface area contributed by atoms with Gasteiger partial charge in [0, 0.05) is 6.54 Å². The van der Waals surface area contributed by atoms with Gasteiger partial charge in [-0.2, -0.15) is 0 Å². The quantitative estimate of drug-likeness (QED) is 0.808. The van der Waals surface area contributed by atoms with E-state index in [9.17, 15) is 4.79 Å². The highest BCUT2D eigenvalue weighted by Crippen LogP contribution is 2.31. The molecule has 0 aromatic rings. The summed E-state index contributed by atoms with van der Waals surface area (Å²) in [5.74, 6) is 2.48. The van der Waals surface area contributed by atoms with E-state index in [0.717, 1.165) is 31.2 Å². The minimum atomic E-state index is 0.0351. The molecule has 1 heterocycles. The molecule has 1 aliphatic carbocycles. The lowest BCUT2D eigenvalue weighted by molar-refractivity contribution is -0.131. The van der Waals surface area contributed by atoms with Crippen molar-refractivity contribution < 1.29 is 4.79 Å². The highest BCUT2D eigenvalue weighted by molar-refractivity contribution is 5.84. The van der Waals surface area contributed by atoms with Gasteiger partial charge in [0.2, 0.25) is 5.91 Å². The van der Waals surface area contributed by atoms with Gasteiger partial charge in [0.15, 0.2) is 0 Å². The molecule has 2 rings (SSSR count). The van der Waals surface area contributed by atoms with Crippen LogP contribution in [0.5, 0.6) is 0 Å². The first-order valence-electron chi connectivity index (χ1n) is 9.09. The Morgan fingerprint density at radius 2 is 1.86 bits per heavy atom. The number of amides is 1. The van der Waals surface area contributed by atoms with Crippen LogP contribution in [0.2, 0.25) is 0 Å². The van der Waals surface area contributed by atoms with Crippen LogP contribution in [0.3, 0.4) is 0 Å². The lowest BCUT2D eigenvalue weighted by Crippen LogP contribution is -2.38.